The Hall–Kier alpha value is -2.62. The molecular weight excluding hydrogens is 278 g/mol. The van der Waals surface area contributed by atoms with Gasteiger partial charge < -0.3 is 10.1 Å². The summed E-state index contributed by atoms with van der Waals surface area (Å²) in [4.78, 5) is 23.4. The summed E-state index contributed by atoms with van der Waals surface area (Å²) >= 11 is 0. The quantitative estimate of drug-likeness (QED) is 0.831. The second-order valence-electron chi connectivity index (χ2n) is 4.94. The Bertz CT molecular complexity index is 680. The van der Waals surface area contributed by atoms with E-state index < -0.39 is 0 Å². The number of ketones is 1. The first-order valence-electron chi connectivity index (χ1n) is 7.21. The van der Waals surface area contributed by atoms with Crippen molar-refractivity contribution in [2.45, 2.75) is 20.3 Å². The number of anilines is 1. The zero-order valence-corrected chi connectivity index (χ0v) is 12.8. The predicted molar refractivity (Wildman–Crippen MR) is 86.4 cm³/mol. The molecule has 0 aliphatic heterocycles. The molecule has 1 amide bonds. The zero-order valence-electron chi connectivity index (χ0n) is 12.8. The first-order chi connectivity index (χ1) is 10.6. The fourth-order valence-electron chi connectivity index (χ4n) is 2.09. The highest BCUT2D eigenvalue weighted by molar-refractivity contribution is 5.97. The maximum absolute atomic E-state index is 11.9. The third kappa shape index (κ3) is 4.19. The Kier molecular flexibility index (Phi) is 5.31. The van der Waals surface area contributed by atoms with Gasteiger partial charge in [0, 0.05) is 5.69 Å². The summed E-state index contributed by atoms with van der Waals surface area (Å²) < 4.78 is 5.46. The fraction of sp³-hybridized carbons (Fsp3) is 0.222. The summed E-state index contributed by atoms with van der Waals surface area (Å²) in [5, 5.41) is 2.79. The number of amides is 1. The van der Waals surface area contributed by atoms with Crippen molar-refractivity contribution in [3.8, 4) is 5.75 Å². The average molecular weight is 297 g/mol. The molecule has 22 heavy (non-hydrogen) atoms. The molecule has 0 saturated carbocycles. The van der Waals surface area contributed by atoms with Crippen LogP contribution in [0.1, 0.15) is 29.8 Å². The van der Waals surface area contributed by atoms with Crippen LogP contribution in [0.15, 0.2) is 48.5 Å². The molecule has 2 aromatic rings. The van der Waals surface area contributed by atoms with Crippen molar-refractivity contribution < 1.29 is 14.3 Å². The number of hydrogen-bond acceptors (Lipinski definition) is 3. The monoisotopic (exact) mass is 297 g/mol. The van der Waals surface area contributed by atoms with Gasteiger partial charge in [-0.3, -0.25) is 9.59 Å². The number of hydrogen-bond donors (Lipinski definition) is 1. The largest absolute Gasteiger partial charge is 0.483 e. The topological polar surface area (TPSA) is 55.4 Å². The standard InChI is InChI=1S/C18H19NO3/c1-3-14-7-6-8-15(11-14)19-18(21)12-22-17-10-5-4-9-16(17)13(2)20/h4-11H,3,12H2,1-2H3,(H,19,21). The molecule has 0 radical (unpaired) electrons. The van der Waals surface area contributed by atoms with Gasteiger partial charge in [0.2, 0.25) is 0 Å². The highest BCUT2D eigenvalue weighted by atomic mass is 16.5. The molecule has 114 valence electrons. The van der Waals surface area contributed by atoms with Gasteiger partial charge >= 0.3 is 0 Å². The second-order valence-corrected chi connectivity index (χ2v) is 4.94. The SMILES string of the molecule is CCc1cccc(NC(=O)COc2ccccc2C(C)=O)c1. The van der Waals surface area contributed by atoms with E-state index in [1.165, 1.54) is 6.92 Å². The molecule has 0 saturated heterocycles. The number of para-hydroxylation sites is 1. The first-order valence-corrected chi connectivity index (χ1v) is 7.21. The predicted octanol–water partition coefficient (Wildman–Crippen LogP) is 3.47. The number of ether oxygens (including phenoxy) is 1. The van der Waals surface area contributed by atoms with E-state index in [1.807, 2.05) is 24.3 Å². The van der Waals surface area contributed by atoms with Gasteiger partial charge in [-0.15, -0.1) is 0 Å². The van der Waals surface area contributed by atoms with Crippen LogP contribution >= 0.6 is 0 Å². The van der Waals surface area contributed by atoms with E-state index in [0.717, 1.165) is 17.7 Å². The minimum atomic E-state index is -0.258. The van der Waals surface area contributed by atoms with Crippen molar-refractivity contribution in [3.63, 3.8) is 0 Å². The van der Waals surface area contributed by atoms with E-state index in [4.69, 9.17) is 4.74 Å². The molecule has 0 bridgehead atoms. The summed E-state index contributed by atoms with van der Waals surface area (Å²) in [6.07, 6.45) is 0.909. The van der Waals surface area contributed by atoms with Crippen molar-refractivity contribution in [2.75, 3.05) is 11.9 Å². The van der Waals surface area contributed by atoms with Crippen LogP contribution < -0.4 is 10.1 Å². The van der Waals surface area contributed by atoms with Crippen LogP contribution in [0.4, 0.5) is 5.69 Å². The Labute approximate surface area is 130 Å². The number of carbonyl (C=O) groups is 2. The molecule has 0 aliphatic rings. The van der Waals surface area contributed by atoms with Gasteiger partial charge in [0.05, 0.1) is 5.56 Å². The van der Waals surface area contributed by atoms with E-state index in [9.17, 15) is 9.59 Å². The average Bonchev–Trinajstić information content (AvgIpc) is 2.53. The van der Waals surface area contributed by atoms with E-state index in [1.54, 1.807) is 24.3 Å². The van der Waals surface area contributed by atoms with Gasteiger partial charge in [0.1, 0.15) is 5.75 Å². The molecular formula is C18H19NO3. The van der Waals surface area contributed by atoms with E-state index >= 15 is 0 Å². The summed E-state index contributed by atoms with van der Waals surface area (Å²) in [7, 11) is 0. The Morgan fingerprint density at radius 2 is 1.86 bits per heavy atom. The third-order valence-corrected chi connectivity index (χ3v) is 3.24. The minimum Gasteiger partial charge on any atom is -0.483 e. The molecule has 0 unspecified atom stereocenters. The fourth-order valence-corrected chi connectivity index (χ4v) is 2.09. The van der Waals surface area contributed by atoms with Crippen LogP contribution in [0.2, 0.25) is 0 Å². The van der Waals surface area contributed by atoms with Crippen LogP contribution in [0.25, 0.3) is 0 Å². The van der Waals surface area contributed by atoms with Crippen molar-refractivity contribution >= 4 is 17.4 Å². The zero-order chi connectivity index (χ0) is 15.9. The lowest BCUT2D eigenvalue weighted by atomic mass is 10.1. The summed E-state index contributed by atoms with van der Waals surface area (Å²) in [6.45, 7) is 3.39. The molecule has 2 rings (SSSR count). The lowest BCUT2D eigenvalue weighted by molar-refractivity contribution is -0.118. The number of nitrogens with one attached hydrogen (secondary N) is 1. The smallest absolute Gasteiger partial charge is 0.262 e. The molecule has 2 aromatic carbocycles. The lowest BCUT2D eigenvalue weighted by Gasteiger charge is -2.10. The van der Waals surface area contributed by atoms with Gasteiger partial charge in [0.25, 0.3) is 5.91 Å². The summed E-state index contributed by atoms with van der Waals surface area (Å²) in [5.41, 5.74) is 2.37. The highest BCUT2D eigenvalue weighted by Crippen LogP contribution is 2.18. The number of Topliss-reactive ketones (excluding diaryl/α,β-unsaturated/α-hetero) is 1. The van der Waals surface area contributed by atoms with E-state index in [2.05, 4.69) is 12.2 Å². The summed E-state index contributed by atoms with van der Waals surface area (Å²) in [6, 6.07) is 14.6. The Balaban J connectivity index is 1.97. The molecule has 4 nitrogen and oxygen atoms in total. The van der Waals surface area contributed by atoms with Gasteiger partial charge in [0.15, 0.2) is 12.4 Å². The molecule has 4 heteroatoms. The summed E-state index contributed by atoms with van der Waals surface area (Å²) in [5.74, 6) is 0.0747. The number of rotatable bonds is 6. The third-order valence-electron chi connectivity index (χ3n) is 3.24. The molecule has 0 fully saturated rings. The van der Waals surface area contributed by atoms with Crippen molar-refractivity contribution in [1.82, 2.24) is 0 Å². The highest BCUT2D eigenvalue weighted by Gasteiger charge is 2.09. The molecule has 0 aliphatic carbocycles. The maximum atomic E-state index is 11.9. The van der Waals surface area contributed by atoms with Crippen LogP contribution in [0, 0.1) is 0 Å². The normalized spacial score (nSPS) is 10.1. The number of aryl methyl sites for hydroxylation is 1. The van der Waals surface area contributed by atoms with Gasteiger partial charge in [-0.05, 0) is 43.2 Å². The molecule has 0 atom stereocenters. The van der Waals surface area contributed by atoms with E-state index in [-0.39, 0.29) is 18.3 Å². The van der Waals surface area contributed by atoms with Crippen LogP contribution in [0.3, 0.4) is 0 Å². The van der Waals surface area contributed by atoms with Crippen LogP contribution in [0.5, 0.6) is 5.75 Å². The molecule has 0 aromatic heterocycles. The van der Waals surface area contributed by atoms with Crippen LogP contribution in [-0.2, 0) is 11.2 Å². The lowest BCUT2D eigenvalue weighted by Crippen LogP contribution is -2.20. The number of benzene rings is 2. The van der Waals surface area contributed by atoms with Gasteiger partial charge in [-0.25, -0.2) is 0 Å². The van der Waals surface area contributed by atoms with Crippen molar-refractivity contribution in [3.05, 3.63) is 59.7 Å². The number of carbonyl (C=O) groups excluding carboxylic acids is 2. The van der Waals surface area contributed by atoms with E-state index in [0.29, 0.717) is 11.3 Å². The molecule has 0 heterocycles. The maximum Gasteiger partial charge on any atom is 0.262 e. The first kappa shape index (κ1) is 15.8. The van der Waals surface area contributed by atoms with Crippen molar-refractivity contribution in [1.29, 1.82) is 0 Å². The Morgan fingerprint density at radius 3 is 2.59 bits per heavy atom. The minimum absolute atomic E-state index is 0.0911. The molecule has 1 N–H and O–H groups in total. The van der Waals surface area contributed by atoms with Crippen LogP contribution in [-0.4, -0.2) is 18.3 Å². The van der Waals surface area contributed by atoms with Crippen molar-refractivity contribution in [2.24, 2.45) is 0 Å². The molecule has 0 spiro atoms. The second kappa shape index (κ2) is 7.41. The van der Waals surface area contributed by atoms with Gasteiger partial charge in [-0.2, -0.15) is 0 Å². The van der Waals surface area contributed by atoms with Gasteiger partial charge in [-0.1, -0.05) is 31.2 Å². The Morgan fingerprint density at radius 1 is 1.09 bits per heavy atom.